The van der Waals surface area contributed by atoms with Gasteiger partial charge >= 0.3 is 0 Å². The van der Waals surface area contributed by atoms with E-state index in [1.807, 2.05) is 11.3 Å². The summed E-state index contributed by atoms with van der Waals surface area (Å²) in [6.45, 7) is 11.6. The highest BCUT2D eigenvalue weighted by Gasteiger charge is 2.38. The Kier molecular flexibility index (Phi) is 6.75. The molecule has 60 heavy (non-hydrogen) atoms. The maximum atomic E-state index is 6.53. The predicted molar refractivity (Wildman–Crippen MR) is 259 cm³/mol. The van der Waals surface area contributed by atoms with Gasteiger partial charge in [0.05, 0.1) is 11.2 Å². The van der Waals surface area contributed by atoms with Gasteiger partial charge in [-0.05, 0) is 92.8 Å². The summed E-state index contributed by atoms with van der Waals surface area (Å²) < 4.78 is 11.8. The molecule has 1 aliphatic heterocycles. The molecule has 0 unspecified atom stereocenters. The minimum Gasteiger partial charge on any atom is -0.456 e. The average molecular weight is 789 g/mol. The van der Waals surface area contributed by atoms with Crippen molar-refractivity contribution in [1.29, 1.82) is 0 Å². The molecule has 0 amide bonds. The van der Waals surface area contributed by atoms with Gasteiger partial charge in [-0.25, -0.2) is 0 Å². The highest BCUT2D eigenvalue weighted by Crippen LogP contribution is 2.50. The molecule has 0 atom stereocenters. The van der Waals surface area contributed by atoms with Gasteiger partial charge in [-0.3, -0.25) is 0 Å². The summed E-state index contributed by atoms with van der Waals surface area (Å²) in [7, 11) is 0.829. The molecule has 0 radical (unpaired) electrons. The van der Waals surface area contributed by atoms with E-state index in [0.717, 1.165) is 40.6 Å². The number of rotatable bonds is 3. The first-order valence-corrected chi connectivity index (χ1v) is 21.9. The first-order chi connectivity index (χ1) is 29.1. The lowest BCUT2D eigenvalue weighted by Gasteiger charge is -2.27. The van der Waals surface area contributed by atoms with Crippen molar-refractivity contribution in [3.8, 4) is 27.9 Å². The van der Waals surface area contributed by atoms with E-state index >= 15 is 0 Å². The van der Waals surface area contributed by atoms with E-state index in [2.05, 4.69) is 190 Å². The number of hydrogen-bond acceptors (Lipinski definition) is 3. The van der Waals surface area contributed by atoms with Gasteiger partial charge < -0.3 is 14.3 Å². The van der Waals surface area contributed by atoms with E-state index in [4.69, 9.17) is 4.42 Å². The summed E-state index contributed by atoms with van der Waals surface area (Å²) in [6.07, 6.45) is 0. The Labute approximate surface area is 353 Å². The van der Waals surface area contributed by atoms with Crippen LogP contribution in [-0.4, -0.2) is 11.8 Å². The van der Waals surface area contributed by atoms with Gasteiger partial charge in [-0.1, -0.05) is 131 Å². The van der Waals surface area contributed by atoms with Crippen molar-refractivity contribution in [3.63, 3.8) is 0 Å². The van der Waals surface area contributed by atoms with Gasteiger partial charge in [-0.2, -0.15) is 0 Å². The molecule has 1 aliphatic carbocycles. The second-order valence-corrected chi connectivity index (χ2v) is 19.7. The van der Waals surface area contributed by atoms with Crippen LogP contribution >= 0.6 is 11.3 Å². The number of nitrogens with zero attached hydrogens (tertiary/aromatic N) is 1. The molecule has 11 aromatic rings. The van der Waals surface area contributed by atoms with E-state index in [1.54, 1.807) is 0 Å². The lowest BCUT2D eigenvalue weighted by Crippen LogP contribution is -2.37. The summed E-state index contributed by atoms with van der Waals surface area (Å²) in [5.74, 6) is 0. The molecule has 0 spiro atoms. The third kappa shape index (κ3) is 4.67. The number of fused-ring (bicyclic) bond motifs is 14. The fourth-order valence-electron chi connectivity index (χ4n) is 10.7. The van der Waals surface area contributed by atoms with Gasteiger partial charge in [0.2, 0.25) is 0 Å². The third-order valence-electron chi connectivity index (χ3n) is 13.8. The van der Waals surface area contributed by atoms with Crippen molar-refractivity contribution in [3.05, 3.63) is 162 Å². The highest BCUT2D eigenvalue weighted by atomic mass is 32.1. The molecule has 0 saturated carbocycles. The maximum absolute atomic E-state index is 6.53. The molecular formula is C55H41BN2OS. The first kappa shape index (κ1) is 34.3. The standard InChI is InChI=1S/C55H41BN2OS/c1-54(2,3)30-18-20-31(21-19-30)57-45-28-49-40(33-13-7-10-16-48(33)59-49)24-38(45)35-22-23-36-39-25-41-34-14-8-11-17-50(34)60-51(41)29-46(39)58-47-27-43-37(26-44(47)56-52(35)53(36)58)32-12-6-9-15-42(32)55(43,4)5/h6-29,56-57H,1-5H3. The van der Waals surface area contributed by atoms with Crippen LogP contribution < -0.4 is 16.2 Å². The van der Waals surface area contributed by atoms with Crippen molar-refractivity contribution in [1.82, 2.24) is 4.57 Å². The number of para-hydroxylation sites is 1. The van der Waals surface area contributed by atoms with Crippen LogP contribution in [-0.2, 0) is 10.8 Å². The van der Waals surface area contributed by atoms with Crippen LogP contribution in [0.2, 0.25) is 0 Å². The van der Waals surface area contributed by atoms with E-state index in [9.17, 15) is 0 Å². The van der Waals surface area contributed by atoms with Gasteiger partial charge in [0, 0.05) is 75.7 Å². The van der Waals surface area contributed by atoms with Gasteiger partial charge in [0.1, 0.15) is 11.2 Å². The molecule has 5 heteroatoms. The van der Waals surface area contributed by atoms with Crippen LogP contribution in [0.15, 0.2) is 150 Å². The quantitative estimate of drug-likeness (QED) is 0.181. The van der Waals surface area contributed by atoms with Crippen LogP contribution in [0, 0.1) is 0 Å². The number of nitrogens with one attached hydrogen (secondary N) is 1. The Morgan fingerprint density at radius 1 is 0.583 bits per heavy atom. The van der Waals surface area contributed by atoms with E-state index in [1.165, 1.54) is 97.5 Å². The predicted octanol–water partition coefficient (Wildman–Crippen LogP) is 13.8. The molecule has 13 rings (SSSR count). The molecule has 1 N–H and O–H groups in total. The monoisotopic (exact) mass is 788 g/mol. The zero-order valence-corrected chi connectivity index (χ0v) is 35.1. The average Bonchev–Trinajstić information content (AvgIpc) is 3.96. The van der Waals surface area contributed by atoms with Gasteiger partial charge in [-0.15, -0.1) is 11.3 Å². The molecule has 2 aliphatic rings. The highest BCUT2D eigenvalue weighted by molar-refractivity contribution is 7.25. The Balaban J connectivity index is 1.11. The second-order valence-electron chi connectivity index (χ2n) is 18.6. The molecule has 0 fully saturated rings. The molecule has 0 saturated heterocycles. The summed E-state index contributed by atoms with van der Waals surface area (Å²) in [5, 5.41) is 11.4. The van der Waals surface area contributed by atoms with Crippen molar-refractivity contribution >= 4 is 105 Å². The Hall–Kier alpha value is -6.56. The van der Waals surface area contributed by atoms with Gasteiger partial charge in [0.15, 0.2) is 7.28 Å². The molecule has 8 aromatic carbocycles. The number of hydrogen-bond donors (Lipinski definition) is 1. The topological polar surface area (TPSA) is 30.1 Å². The van der Waals surface area contributed by atoms with E-state index in [0.29, 0.717) is 0 Å². The Morgan fingerprint density at radius 2 is 1.37 bits per heavy atom. The van der Waals surface area contributed by atoms with E-state index in [-0.39, 0.29) is 10.8 Å². The lowest BCUT2D eigenvalue weighted by atomic mass is 9.58. The number of aromatic nitrogens is 1. The minimum atomic E-state index is -0.0989. The smallest absolute Gasteiger partial charge is 0.198 e. The zero-order chi connectivity index (χ0) is 40.2. The van der Waals surface area contributed by atoms with Crippen LogP contribution in [0.5, 0.6) is 0 Å². The van der Waals surface area contributed by atoms with Crippen molar-refractivity contribution in [2.75, 3.05) is 5.32 Å². The maximum Gasteiger partial charge on any atom is 0.198 e. The van der Waals surface area contributed by atoms with E-state index < -0.39 is 0 Å². The van der Waals surface area contributed by atoms with Crippen LogP contribution in [0.1, 0.15) is 51.3 Å². The lowest BCUT2D eigenvalue weighted by molar-refractivity contribution is 0.590. The fraction of sp³-hybridized carbons (Fsp3) is 0.127. The molecule has 4 heterocycles. The number of furan rings is 1. The minimum absolute atomic E-state index is 0.0733. The molecule has 0 bridgehead atoms. The van der Waals surface area contributed by atoms with Crippen molar-refractivity contribution < 1.29 is 4.42 Å². The van der Waals surface area contributed by atoms with Crippen molar-refractivity contribution in [2.45, 2.75) is 45.4 Å². The molecule has 3 aromatic heterocycles. The van der Waals surface area contributed by atoms with Gasteiger partial charge in [0.25, 0.3) is 0 Å². The largest absolute Gasteiger partial charge is 0.456 e. The second kappa shape index (κ2) is 11.8. The Morgan fingerprint density at radius 3 is 2.22 bits per heavy atom. The Bertz CT molecular complexity index is 3670. The van der Waals surface area contributed by atoms with Crippen LogP contribution in [0.4, 0.5) is 11.4 Å². The normalized spacial score (nSPS) is 14.0. The summed E-state index contributed by atoms with van der Waals surface area (Å²) in [5.41, 5.74) is 19.7. The summed E-state index contributed by atoms with van der Waals surface area (Å²) in [6, 6.07) is 54.6. The molecule has 3 nitrogen and oxygen atoms in total. The first-order valence-electron chi connectivity index (χ1n) is 21.1. The number of anilines is 2. The number of thiophene rings is 1. The van der Waals surface area contributed by atoms with Crippen LogP contribution in [0.25, 0.3) is 91.9 Å². The zero-order valence-electron chi connectivity index (χ0n) is 34.3. The SMILES string of the molecule is CC(C)(C)c1ccc(Nc2cc3oc4ccccc4c3cc2-c2ccc3c4cc5c(cc4n4c3c2Bc2cc3c(cc2-4)C(C)(C)c2ccccc2-3)sc2ccccc25)cc1. The number of benzene rings is 8. The van der Waals surface area contributed by atoms with Crippen molar-refractivity contribution in [2.24, 2.45) is 0 Å². The molecular weight excluding hydrogens is 747 g/mol. The van der Waals surface area contributed by atoms with Crippen LogP contribution in [0.3, 0.4) is 0 Å². The summed E-state index contributed by atoms with van der Waals surface area (Å²) >= 11 is 1.90. The third-order valence-corrected chi connectivity index (χ3v) is 14.9. The summed E-state index contributed by atoms with van der Waals surface area (Å²) in [4.78, 5) is 0. The fourth-order valence-corrected chi connectivity index (χ4v) is 11.8. The molecule has 286 valence electrons.